The summed E-state index contributed by atoms with van der Waals surface area (Å²) < 4.78 is 6.40. The van der Waals surface area contributed by atoms with Crippen LogP contribution in [0, 0.1) is 11.3 Å². The van der Waals surface area contributed by atoms with Crippen LogP contribution in [0.2, 0.25) is 18.1 Å². The van der Waals surface area contributed by atoms with Crippen molar-refractivity contribution < 1.29 is 4.43 Å². The Morgan fingerprint density at radius 1 is 1.05 bits per heavy atom. The second kappa shape index (κ2) is 10.5. The number of H-pyrrole nitrogens is 1. The first kappa shape index (κ1) is 26.4. The van der Waals surface area contributed by atoms with E-state index in [0.717, 1.165) is 48.2 Å². The summed E-state index contributed by atoms with van der Waals surface area (Å²) in [6.07, 6.45) is 2.33. The number of likely N-dealkylation sites (tertiary alicyclic amines) is 1. The van der Waals surface area contributed by atoms with Crippen LogP contribution in [0.3, 0.4) is 0 Å². The Balaban J connectivity index is 1.19. The van der Waals surface area contributed by atoms with Crippen molar-refractivity contribution in [2.75, 3.05) is 31.6 Å². The summed E-state index contributed by atoms with van der Waals surface area (Å²) in [5.41, 5.74) is 4.83. The van der Waals surface area contributed by atoms with Crippen LogP contribution >= 0.6 is 0 Å². The number of aromatic nitrogens is 3. The van der Waals surface area contributed by atoms with Gasteiger partial charge < -0.3 is 19.6 Å². The van der Waals surface area contributed by atoms with Gasteiger partial charge in [0.25, 0.3) is 0 Å². The molecule has 0 unspecified atom stereocenters. The van der Waals surface area contributed by atoms with E-state index in [0.29, 0.717) is 23.2 Å². The molecule has 1 saturated heterocycles. The molecule has 1 aliphatic heterocycles. The number of anilines is 2. The predicted molar refractivity (Wildman–Crippen MR) is 157 cm³/mol. The molecular formula is C30H38N6OSi. The van der Waals surface area contributed by atoms with E-state index >= 15 is 0 Å². The normalized spacial score (nSPS) is 15.7. The highest BCUT2D eigenvalue weighted by Gasteiger charge is 2.37. The molecule has 7 nitrogen and oxygen atoms in total. The van der Waals surface area contributed by atoms with Crippen LogP contribution in [0.15, 0.2) is 48.5 Å². The van der Waals surface area contributed by atoms with Gasteiger partial charge in [0.05, 0.1) is 28.2 Å². The fourth-order valence-electron chi connectivity index (χ4n) is 4.86. The van der Waals surface area contributed by atoms with Crippen molar-refractivity contribution in [1.82, 2.24) is 19.9 Å². The molecule has 2 aromatic carbocycles. The summed E-state index contributed by atoms with van der Waals surface area (Å²) >= 11 is 0. The Labute approximate surface area is 226 Å². The maximum Gasteiger partial charge on any atom is 0.206 e. The molecule has 0 atom stereocenters. The number of nitrogens with zero attached hydrogens (tertiary/aromatic N) is 4. The highest BCUT2D eigenvalue weighted by molar-refractivity contribution is 6.74. The Kier molecular flexibility index (Phi) is 7.27. The summed E-state index contributed by atoms with van der Waals surface area (Å²) in [6.45, 7) is 15.6. The maximum atomic E-state index is 9.11. The number of hydrogen-bond donors (Lipinski definition) is 2. The molecule has 8 heteroatoms. The fourth-order valence-corrected chi connectivity index (χ4v) is 5.90. The first-order valence-electron chi connectivity index (χ1n) is 13.6. The third-order valence-corrected chi connectivity index (χ3v) is 12.8. The highest BCUT2D eigenvalue weighted by atomic mass is 28.4. The molecule has 1 aliphatic rings. The lowest BCUT2D eigenvalue weighted by Gasteiger charge is -2.37. The average molecular weight is 527 g/mol. The van der Waals surface area contributed by atoms with Crippen molar-refractivity contribution in [3.05, 3.63) is 59.7 Å². The number of nitriles is 1. The lowest BCUT2D eigenvalue weighted by Crippen LogP contribution is -2.43. The summed E-state index contributed by atoms with van der Waals surface area (Å²) in [7, 11) is -1.68. The van der Waals surface area contributed by atoms with Crippen LogP contribution < -0.4 is 5.32 Å². The van der Waals surface area contributed by atoms with E-state index in [1.807, 2.05) is 24.3 Å². The van der Waals surface area contributed by atoms with E-state index in [4.69, 9.17) is 14.7 Å². The monoisotopic (exact) mass is 526 g/mol. The van der Waals surface area contributed by atoms with Crippen molar-refractivity contribution in [2.45, 2.75) is 57.7 Å². The van der Waals surface area contributed by atoms with Gasteiger partial charge in [-0.1, -0.05) is 26.8 Å². The third kappa shape index (κ3) is 5.75. The van der Waals surface area contributed by atoms with Gasteiger partial charge in [0.1, 0.15) is 5.82 Å². The third-order valence-electron chi connectivity index (χ3n) is 8.31. The van der Waals surface area contributed by atoms with Crippen molar-refractivity contribution in [2.24, 2.45) is 0 Å². The first-order valence-corrected chi connectivity index (χ1v) is 16.5. The van der Waals surface area contributed by atoms with Crippen LogP contribution in [-0.4, -0.2) is 54.4 Å². The van der Waals surface area contributed by atoms with Crippen LogP contribution in [0.1, 0.15) is 50.7 Å². The number of imidazole rings is 1. The van der Waals surface area contributed by atoms with E-state index in [1.54, 1.807) is 6.07 Å². The number of fused-ring (bicyclic) bond motifs is 2. The fraction of sp³-hybridized carbons (Fsp3) is 0.433. The molecule has 38 heavy (non-hydrogen) atoms. The minimum Gasteiger partial charge on any atom is -0.416 e. The number of rotatable bonds is 7. The number of nitrogens with one attached hydrogen (secondary N) is 2. The molecule has 0 amide bonds. The Morgan fingerprint density at radius 3 is 2.55 bits per heavy atom. The van der Waals surface area contributed by atoms with Gasteiger partial charge in [-0.25, -0.2) is 9.97 Å². The molecule has 3 heterocycles. The zero-order valence-corrected chi connectivity index (χ0v) is 24.1. The molecule has 0 bridgehead atoms. The number of hydrogen-bond acceptors (Lipinski definition) is 6. The van der Waals surface area contributed by atoms with Gasteiger partial charge >= 0.3 is 0 Å². The van der Waals surface area contributed by atoms with Crippen LogP contribution in [0.25, 0.3) is 21.9 Å². The standard InChI is InChI=1S/C30H38N6OSi/c1-30(2,3)38(4,5)37-17-16-36-14-12-22(13-15-36)23-7-10-26-27(19-23)34-29(33-26)35-28-11-8-24-18-21(20-31)6-9-25(24)32-28/h6-11,18-19,22H,12-17H2,1-5H3,(H2,32,33,34,35). The predicted octanol–water partition coefficient (Wildman–Crippen LogP) is 6.93. The zero-order chi connectivity index (χ0) is 26.9. The molecule has 2 N–H and O–H groups in total. The van der Waals surface area contributed by atoms with Gasteiger partial charge in [0.2, 0.25) is 5.95 Å². The van der Waals surface area contributed by atoms with Crippen molar-refractivity contribution in [3.8, 4) is 6.07 Å². The van der Waals surface area contributed by atoms with Crippen LogP contribution in [0.4, 0.5) is 11.8 Å². The van der Waals surface area contributed by atoms with Crippen LogP contribution in [0.5, 0.6) is 0 Å². The molecule has 0 aliphatic carbocycles. The lowest BCUT2D eigenvalue weighted by atomic mass is 9.89. The van der Waals surface area contributed by atoms with E-state index < -0.39 is 8.32 Å². The molecular weight excluding hydrogens is 488 g/mol. The molecule has 2 aromatic heterocycles. The molecule has 1 fully saturated rings. The molecule has 0 spiro atoms. The zero-order valence-electron chi connectivity index (χ0n) is 23.1. The summed E-state index contributed by atoms with van der Waals surface area (Å²) in [5, 5.41) is 13.6. The number of piperidine rings is 1. The Bertz CT molecular complexity index is 1470. The first-order chi connectivity index (χ1) is 18.1. The Morgan fingerprint density at radius 2 is 1.82 bits per heavy atom. The SMILES string of the molecule is CC(C)(C)[Si](C)(C)OCCN1CCC(c2ccc3nc(Nc4ccc5cc(C#N)ccc5n4)[nH]c3c2)CC1. The minimum atomic E-state index is -1.68. The van der Waals surface area contributed by atoms with Gasteiger partial charge in [-0.15, -0.1) is 0 Å². The quantitative estimate of drug-likeness (QED) is 0.254. The molecule has 5 rings (SSSR count). The van der Waals surface area contributed by atoms with Gasteiger partial charge in [-0.3, -0.25) is 0 Å². The van der Waals surface area contributed by atoms with E-state index in [2.05, 4.69) is 78.3 Å². The van der Waals surface area contributed by atoms with Crippen molar-refractivity contribution in [1.29, 1.82) is 5.26 Å². The van der Waals surface area contributed by atoms with E-state index in [1.165, 1.54) is 18.4 Å². The molecule has 0 radical (unpaired) electrons. The number of pyridine rings is 1. The van der Waals surface area contributed by atoms with Crippen molar-refractivity contribution in [3.63, 3.8) is 0 Å². The van der Waals surface area contributed by atoms with Crippen LogP contribution in [-0.2, 0) is 4.43 Å². The minimum absolute atomic E-state index is 0.260. The number of benzene rings is 2. The smallest absolute Gasteiger partial charge is 0.206 e. The number of aromatic amines is 1. The van der Waals surface area contributed by atoms with E-state index in [9.17, 15) is 0 Å². The summed E-state index contributed by atoms with van der Waals surface area (Å²) in [5.74, 6) is 1.96. The van der Waals surface area contributed by atoms with E-state index in [-0.39, 0.29) is 5.04 Å². The largest absolute Gasteiger partial charge is 0.416 e. The van der Waals surface area contributed by atoms with Gasteiger partial charge in [0, 0.05) is 18.5 Å². The molecule has 0 saturated carbocycles. The average Bonchev–Trinajstić information content (AvgIpc) is 3.29. The summed E-state index contributed by atoms with van der Waals surface area (Å²) in [6, 6.07) is 18.2. The summed E-state index contributed by atoms with van der Waals surface area (Å²) in [4.78, 5) is 15.4. The lowest BCUT2D eigenvalue weighted by molar-refractivity contribution is 0.166. The van der Waals surface area contributed by atoms with Gasteiger partial charge in [0.15, 0.2) is 8.32 Å². The van der Waals surface area contributed by atoms with Gasteiger partial charge in [-0.2, -0.15) is 5.26 Å². The second-order valence-corrected chi connectivity index (χ2v) is 16.7. The molecule has 198 valence electrons. The topological polar surface area (TPSA) is 89.9 Å². The maximum absolute atomic E-state index is 9.11. The highest BCUT2D eigenvalue weighted by Crippen LogP contribution is 2.36. The second-order valence-electron chi connectivity index (χ2n) is 11.9. The molecule has 4 aromatic rings. The van der Waals surface area contributed by atoms with Gasteiger partial charge in [-0.05, 0) is 98.0 Å². The Hall–Kier alpha value is -3.25. The van der Waals surface area contributed by atoms with Crippen molar-refractivity contribution >= 4 is 42.0 Å².